The molecule has 0 aliphatic carbocycles. The van der Waals surface area contributed by atoms with Gasteiger partial charge in [-0.1, -0.05) is 12.2 Å². The monoisotopic (exact) mass is 207 g/mol. The Balaban J connectivity index is 2.10. The van der Waals surface area contributed by atoms with Crippen LogP contribution in [-0.2, 0) is 14.3 Å². The van der Waals surface area contributed by atoms with Crippen LogP contribution in [0.1, 0.15) is 13.8 Å². The van der Waals surface area contributed by atoms with Crippen molar-refractivity contribution < 1.29 is 14.3 Å². The van der Waals surface area contributed by atoms with E-state index in [1.165, 1.54) is 6.92 Å². The summed E-state index contributed by atoms with van der Waals surface area (Å²) in [5, 5.41) is 2.85. The number of hydrogen-bond acceptors (Lipinski definition) is 3. The van der Waals surface area contributed by atoms with Gasteiger partial charge in [0.25, 0.3) is 0 Å². The molecule has 4 nitrogen and oxygen atoms in total. The molecular weight excluding hydrogens is 194 g/mol. The van der Waals surface area contributed by atoms with E-state index in [1.54, 1.807) is 0 Å². The Morgan fingerprint density at radius 1 is 1.60 bits per heavy atom. The van der Waals surface area contributed by atoms with Gasteiger partial charge in [-0.3, -0.25) is 9.59 Å². The van der Waals surface area contributed by atoms with Crippen LogP contribution in [0.5, 0.6) is 0 Å². The van der Waals surface area contributed by atoms with Gasteiger partial charge in [-0.15, -0.1) is 0 Å². The van der Waals surface area contributed by atoms with E-state index in [9.17, 15) is 9.59 Å². The fraction of sp³-hybridized carbons (Fsp3) is 0.636. The lowest BCUT2D eigenvalue weighted by molar-refractivity contribution is -0.130. The van der Waals surface area contributed by atoms with E-state index >= 15 is 0 Å². The van der Waals surface area contributed by atoms with E-state index in [0.717, 1.165) is 0 Å². The van der Waals surface area contributed by atoms with Crippen LogP contribution in [0.2, 0.25) is 0 Å². The van der Waals surface area contributed by atoms with Crippen molar-refractivity contribution in [1.29, 1.82) is 0 Å². The highest BCUT2D eigenvalue weighted by atomic mass is 16.5. The molecule has 0 aromatic heterocycles. The highest BCUT2D eigenvalue weighted by Gasteiger charge is 2.66. The van der Waals surface area contributed by atoms with Crippen molar-refractivity contribution in [3.63, 3.8) is 0 Å². The Bertz CT molecular complexity index is 389. The van der Waals surface area contributed by atoms with Crippen LogP contribution in [0.25, 0.3) is 0 Å². The molecule has 4 heteroatoms. The van der Waals surface area contributed by atoms with E-state index < -0.39 is 5.60 Å². The van der Waals surface area contributed by atoms with Crippen molar-refractivity contribution in [1.82, 2.24) is 5.32 Å². The first-order valence-corrected chi connectivity index (χ1v) is 5.24. The van der Waals surface area contributed by atoms with Crippen molar-refractivity contribution in [2.45, 2.75) is 31.6 Å². The lowest BCUT2D eigenvalue weighted by Gasteiger charge is -2.26. The molecule has 0 radical (unpaired) electrons. The minimum absolute atomic E-state index is 0.0411. The van der Waals surface area contributed by atoms with Gasteiger partial charge in [0.2, 0.25) is 5.91 Å². The maximum absolute atomic E-state index is 11.8. The standard InChI is InChI=1S/C11H13NO3/c1-5(13)8-7-3-4-11(15-7)6(2)12-10(14)9(8)11/h3-4,6-9H,1-2H3,(H,12,14)/t6-,7-,8?,9?,11-/m1/s1. The summed E-state index contributed by atoms with van der Waals surface area (Å²) in [6.45, 7) is 3.46. The Labute approximate surface area is 87.7 Å². The molecule has 2 unspecified atom stereocenters. The summed E-state index contributed by atoms with van der Waals surface area (Å²) < 4.78 is 5.83. The molecule has 80 valence electrons. The molecule has 3 rings (SSSR count). The second-order valence-electron chi connectivity index (χ2n) is 4.64. The quantitative estimate of drug-likeness (QED) is 0.617. The molecule has 15 heavy (non-hydrogen) atoms. The highest BCUT2D eigenvalue weighted by Crippen LogP contribution is 2.51. The van der Waals surface area contributed by atoms with Crippen LogP contribution < -0.4 is 5.32 Å². The molecule has 2 fully saturated rings. The average molecular weight is 207 g/mol. The van der Waals surface area contributed by atoms with Gasteiger partial charge in [-0.05, 0) is 13.8 Å². The number of carbonyl (C=O) groups is 2. The van der Waals surface area contributed by atoms with Crippen molar-refractivity contribution in [2.75, 3.05) is 0 Å². The van der Waals surface area contributed by atoms with Crippen molar-refractivity contribution >= 4 is 11.7 Å². The van der Waals surface area contributed by atoms with Crippen LogP contribution in [0, 0.1) is 11.8 Å². The minimum Gasteiger partial charge on any atom is -0.360 e. The van der Waals surface area contributed by atoms with E-state index in [2.05, 4.69) is 5.32 Å². The topological polar surface area (TPSA) is 55.4 Å². The van der Waals surface area contributed by atoms with Crippen molar-refractivity contribution in [2.24, 2.45) is 11.8 Å². The number of carbonyl (C=O) groups excluding carboxylic acids is 2. The van der Waals surface area contributed by atoms with Crippen molar-refractivity contribution in [3.8, 4) is 0 Å². The summed E-state index contributed by atoms with van der Waals surface area (Å²) in [5.41, 5.74) is -0.557. The number of rotatable bonds is 1. The number of ether oxygens (including phenoxy) is 1. The van der Waals surface area contributed by atoms with Crippen LogP contribution in [0.4, 0.5) is 0 Å². The third-order valence-corrected chi connectivity index (χ3v) is 3.87. The Kier molecular flexibility index (Phi) is 1.51. The molecule has 2 bridgehead atoms. The van der Waals surface area contributed by atoms with Crippen LogP contribution in [-0.4, -0.2) is 29.4 Å². The smallest absolute Gasteiger partial charge is 0.227 e. The molecule has 5 atom stereocenters. The first-order chi connectivity index (χ1) is 7.06. The number of nitrogens with one attached hydrogen (secondary N) is 1. The van der Waals surface area contributed by atoms with Gasteiger partial charge >= 0.3 is 0 Å². The molecule has 2 saturated heterocycles. The van der Waals surface area contributed by atoms with Gasteiger partial charge in [-0.25, -0.2) is 0 Å². The predicted molar refractivity (Wildman–Crippen MR) is 52.0 cm³/mol. The molecule has 3 aliphatic heterocycles. The molecule has 0 aromatic carbocycles. The van der Waals surface area contributed by atoms with Crippen LogP contribution >= 0.6 is 0 Å². The number of ketones is 1. The van der Waals surface area contributed by atoms with Gasteiger partial charge in [0.05, 0.1) is 24.0 Å². The summed E-state index contributed by atoms with van der Waals surface area (Å²) in [5.74, 6) is -0.616. The zero-order chi connectivity index (χ0) is 10.8. The van der Waals surface area contributed by atoms with E-state index in [0.29, 0.717) is 0 Å². The number of amides is 1. The summed E-state index contributed by atoms with van der Waals surface area (Å²) in [6.07, 6.45) is 3.67. The van der Waals surface area contributed by atoms with E-state index in [1.807, 2.05) is 19.1 Å². The third-order valence-electron chi connectivity index (χ3n) is 3.87. The largest absolute Gasteiger partial charge is 0.360 e. The summed E-state index contributed by atoms with van der Waals surface area (Å²) in [4.78, 5) is 23.3. The fourth-order valence-corrected chi connectivity index (χ4v) is 3.17. The molecular formula is C11H13NO3. The van der Waals surface area contributed by atoms with Crippen molar-refractivity contribution in [3.05, 3.63) is 12.2 Å². The zero-order valence-corrected chi connectivity index (χ0v) is 8.69. The van der Waals surface area contributed by atoms with Gasteiger partial charge < -0.3 is 10.1 Å². The Morgan fingerprint density at radius 2 is 2.33 bits per heavy atom. The van der Waals surface area contributed by atoms with Crippen LogP contribution in [0.3, 0.4) is 0 Å². The van der Waals surface area contributed by atoms with Gasteiger partial charge in [0.1, 0.15) is 11.4 Å². The number of Topliss-reactive ketones (excluding diaryl/α,β-unsaturated/α-hetero) is 1. The second-order valence-corrected chi connectivity index (χ2v) is 4.64. The molecule has 3 aliphatic rings. The number of fused-ring (bicyclic) bond motifs is 1. The van der Waals surface area contributed by atoms with E-state index in [-0.39, 0.29) is 35.7 Å². The average Bonchev–Trinajstić information content (AvgIpc) is 2.77. The summed E-state index contributed by atoms with van der Waals surface area (Å²) in [7, 11) is 0. The molecule has 3 heterocycles. The molecule has 1 amide bonds. The Morgan fingerprint density at radius 3 is 3.00 bits per heavy atom. The summed E-state index contributed by atoms with van der Waals surface area (Å²) in [6, 6.07) is -0.0411. The molecule has 1 N–H and O–H groups in total. The zero-order valence-electron chi connectivity index (χ0n) is 8.69. The molecule has 0 aromatic rings. The second kappa shape index (κ2) is 2.50. The Hall–Kier alpha value is -1.16. The summed E-state index contributed by atoms with van der Waals surface area (Å²) >= 11 is 0. The first kappa shape index (κ1) is 9.09. The molecule has 0 saturated carbocycles. The normalized spacial score (nSPS) is 50.7. The predicted octanol–water partition coefficient (Wildman–Crippen LogP) is 0.0335. The minimum atomic E-state index is -0.557. The lowest BCUT2D eigenvalue weighted by atomic mass is 9.73. The van der Waals surface area contributed by atoms with Gasteiger partial charge in [0.15, 0.2) is 0 Å². The third kappa shape index (κ3) is 0.862. The SMILES string of the molecule is CC(=O)C1C2C(=O)N[C@H](C)[C@]23C=C[C@H]1O3. The number of hydrogen-bond donors (Lipinski definition) is 1. The van der Waals surface area contributed by atoms with Crippen LogP contribution in [0.15, 0.2) is 12.2 Å². The fourth-order valence-electron chi connectivity index (χ4n) is 3.17. The maximum Gasteiger partial charge on any atom is 0.227 e. The lowest BCUT2D eigenvalue weighted by Crippen LogP contribution is -2.41. The molecule has 1 spiro atoms. The first-order valence-electron chi connectivity index (χ1n) is 5.24. The van der Waals surface area contributed by atoms with Gasteiger partial charge in [0, 0.05) is 0 Å². The van der Waals surface area contributed by atoms with E-state index in [4.69, 9.17) is 4.74 Å². The highest BCUT2D eigenvalue weighted by molar-refractivity contribution is 5.93. The van der Waals surface area contributed by atoms with Gasteiger partial charge in [-0.2, -0.15) is 0 Å². The maximum atomic E-state index is 11.8.